The number of methoxy groups -OCH3 is 1. The Morgan fingerprint density at radius 2 is 1.83 bits per heavy atom. The van der Waals surface area contributed by atoms with Gasteiger partial charge in [0, 0.05) is 6.54 Å². The van der Waals surface area contributed by atoms with Gasteiger partial charge in [0.2, 0.25) is 5.78 Å². The van der Waals surface area contributed by atoms with Gasteiger partial charge in [0.25, 0.3) is 5.91 Å². The van der Waals surface area contributed by atoms with Crippen LogP contribution in [0, 0.1) is 6.92 Å². The number of benzene rings is 2. The lowest BCUT2D eigenvalue weighted by molar-refractivity contribution is -0.130. The maximum Gasteiger partial charge on any atom is 0.290 e. The van der Waals surface area contributed by atoms with Crippen LogP contribution in [0.1, 0.15) is 59.7 Å². The molecule has 1 atom stereocenters. The van der Waals surface area contributed by atoms with Gasteiger partial charge in [-0.05, 0) is 48.7 Å². The number of furan rings is 1. The SMILES string of the molecule is CCCCCOc1ccc(C2C(C(=O)c3ccc(C)o3)=C(O)C(=O)N2Cc2ccccc2)cc1OC. The average Bonchev–Trinajstić information content (AvgIpc) is 3.43. The molecule has 1 unspecified atom stereocenters. The highest BCUT2D eigenvalue weighted by molar-refractivity contribution is 6.15. The summed E-state index contributed by atoms with van der Waals surface area (Å²) in [4.78, 5) is 28.2. The number of aryl methyl sites for hydroxylation is 1. The van der Waals surface area contributed by atoms with E-state index in [9.17, 15) is 14.7 Å². The van der Waals surface area contributed by atoms with Crippen molar-refractivity contribution in [1.29, 1.82) is 0 Å². The third-order valence-electron chi connectivity index (χ3n) is 6.22. The maximum atomic E-state index is 13.5. The number of nitrogens with zero attached hydrogens (tertiary/aromatic N) is 1. The molecule has 0 fully saturated rings. The highest BCUT2D eigenvalue weighted by Gasteiger charge is 2.44. The molecule has 4 rings (SSSR count). The van der Waals surface area contributed by atoms with Gasteiger partial charge in [-0.1, -0.05) is 56.2 Å². The zero-order valence-corrected chi connectivity index (χ0v) is 20.8. The Labute approximate surface area is 210 Å². The van der Waals surface area contributed by atoms with Crippen LogP contribution >= 0.6 is 0 Å². The number of hydrogen-bond donors (Lipinski definition) is 1. The molecule has 1 aliphatic heterocycles. The van der Waals surface area contributed by atoms with Crippen LogP contribution in [0.3, 0.4) is 0 Å². The van der Waals surface area contributed by atoms with Gasteiger partial charge in [0.1, 0.15) is 5.76 Å². The number of ether oxygens (including phenoxy) is 2. The number of aliphatic hydroxyl groups is 1. The standard InChI is InChI=1S/C29H31NO6/c1-4-5-9-16-35-22-15-13-21(17-24(22)34-3)26-25(27(31)23-14-12-19(2)36-23)28(32)29(33)30(26)18-20-10-7-6-8-11-20/h6-8,10-15,17,26,32H,4-5,9,16,18H2,1-3H3. The minimum absolute atomic E-state index is 0.0241. The first-order valence-corrected chi connectivity index (χ1v) is 12.1. The molecular formula is C29H31NO6. The number of carbonyl (C=O) groups excluding carboxylic acids is 2. The molecule has 1 N–H and O–H groups in total. The normalized spacial score (nSPS) is 15.5. The molecule has 0 aliphatic carbocycles. The van der Waals surface area contributed by atoms with E-state index in [-0.39, 0.29) is 17.9 Å². The summed E-state index contributed by atoms with van der Waals surface area (Å²) in [5.74, 6) is -0.0262. The minimum Gasteiger partial charge on any atom is -0.503 e. The molecule has 0 saturated heterocycles. The molecule has 1 aromatic heterocycles. The fourth-order valence-corrected chi connectivity index (χ4v) is 4.37. The number of rotatable bonds is 11. The van der Waals surface area contributed by atoms with Gasteiger partial charge in [-0.2, -0.15) is 0 Å². The highest BCUT2D eigenvalue weighted by Crippen LogP contribution is 2.42. The Bertz CT molecular complexity index is 1260. The second kappa shape index (κ2) is 11.2. The van der Waals surface area contributed by atoms with Crippen molar-refractivity contribution in [3.05, 3.63) is 94.6 Å². The van der Waals surface area contributed by atoms with Crippen LogP contribution in [0.2, 0.25) is 0 Å². The summed E-state index contributed by atoms with van der Waals surface area (Å²) in [6.45, 7) is 4.63. The fraction of sp³-hybridized carbons (Fsp3) is 0.310. The predicted molar refractivity (Wildman–Crippen MR) is 135 cm³/mol. The molecule has 1 amide bonds. The second-order valence-corrected chi connectivity index (χ2v) is 8.79. The van der Waals surface area contributed by atoms with Gasteiger partial charge < -0.3 is 23.9 Å². The van der Waals surface area contributed by atoms with Crippen LogP contribution in [0.15, 0.2) is 76.4 Å². The van der Waals surface area contributed by atoms with Crippen molar-refractivity contribution < 1.29 is 28.6 Å². The number of aliphatic hydroxyl groups excluding tert-OH is 1. The van der Waals surface area contributed by atoms with Gasteiger partial charge in [0.05, 0.1) is 25.3 Å². The van der Waals surface area contributed by atoms with Crippen LogP contribution < -0.4 is 9.47 Å². The van der Waals surface area contributed by atoms with Crippen LogP contribution in [-0.2, 0) is 11.3 Å². The summed E-state index contributed by atoms with van der Waals surface area (Å²) in [5.41, 5.74) is 1.46. The molecule has 7 nitrogen and oxygen atoms in total. The maximum absolute atomic E-state index is 13.5. The molecule has 2 aromatic carbocycles. The second-order valence-electron chi connectivity index (χ2n) is 8.79. The summed E-state index contributed by atoms with van der Waals surface area (Å²) < 4.78 is 17.0. The van der Waals surface area contributed by atoms with Crippen molar-refractivity contribution in [2.24, 2.45) is 0 Å². The van der Waals surface area contributed by atoms with Gasteiger partial charge in [0.15, 0.2) is 23.0 Å². The summed E-state index contributed by atoms with van der Waals surface area (Å²) in [5, 5.41) is 10.9. The number of hydrogen-bond acceptors (Lipinski definition) is 6. The first-order valence-electron chi connectivity index (χ1n) is 12.1. The van der Waals surface area contributed by atoms with Crippen molar-refractivity contribution in [2.45, 2.75) is 45.7 Å². The third-order valence-corrected chi connectivity index (χ3v) is 6.22. The van der Waals surface area contributed by atoms with Gasteiger partial charge >= 0.3 is 0 Å². The number of Topliss-reactive ketones (excluding diaryl/α,β-unsaturated/α-hetero) is 1. The Morgan fingerprint density at radius 1 is 1.06 bits per heavy atom. The third kappa shape index (κ3) is 5.15. The Balaban J connectivity index is 1.74. The van der Waals surface area contributed by atoms with E-state index in [2.05, 4.69) is 6.92 Å². The summed E-state index contributed by atoms with van der Waals surface area (Å²) in [6, 6.07) is 17.2. The van der Waals surface area contributed by atoms with E-state index in [1.54, 1.807) is 44.4 Å². The lowest BCUT2D eigenvalue weighted by atomic mass is 9.94. The quantitative estimate of drug-likeness (QED) is 0.265. The van der Waals surface area contributed by atoms with Crippen LogP contribution in [-0.4, -0.2) is 35.4 Å². The number of amides is 1. The lowest BCUT2D eigenvalue weighted by Gasteiger charge is -2.27. The highest BCUT2D eigenvalue weighted by atomic mass is 16.5. The van der Waals surface area contributed by atoms with Crippen LogP contribution in [0.25, 0.3) is 0 Å². The molecule has 1 aliphatic rings. The van der Waals surface area contributed by atoms with Crippen LogP contribution in [0.5, 0.6) is 11.5 Å². The number of unbranched alkanes of at least 4 members (excludes halogenated alkanes) is 2. The average molecular weight is 490 g/mol. The first kappa shape index (κ1) is 25.1. The van der Waals surface area contributed by atoms with E-state index in [0.717, 1.165) is 24.8 Å². The number of ketones is 1. The molecule has 0 saturated carbocycles. The van der Waals surface area contributed by atoms with Crippen molar-refractivity contribution in [3.8, 4) is 11.5 Å². The van der Waals surface area contributed by atoms with Gasteiger partial charge in [-0.25, -0.2) is 0 Å². The van der Waals surface area contributed by atoms with E-state index in [0.29, 0.717) is 29.4 Å². The smallest absolute Gasteiger partial charge is 0.290 e. The van der Waals surface area contributed by atoms with E-state index in [4.69, 9.17) is 13.9 Å². The monoisotopic (exact) mass is 489 g/mol. The van der Waals surface area contributed by atoms with Crippen molar-refractivity contribution in [1.82, 2.24) is 4.90 Å². The van der Waals surface area contributed by atoms with E-state index < -0.39 is 23.5 Å². The number of carbonyl (C=O) groups is 2. The van der Waals surface area contributed by atoms with E-state index in [1.807, 2.05) is 30.3 Å². The largest absolute Gasteiger partial charge is 0.503 e. The molecular weight excluding hydrogens is 458 g/mol. The molecule has 0 bridgehead atoms. The molecule has 3 aromatic rings. The predicted octanol–water partition coefficient (Wildman–Crippen LogP) is 5.94. The zero-order valence-electron chi connectivity index (χ0n) is 20.8. The van der Waals surface area contributed by atoms with E-state index in [1.165, 1.54) is 4.90 Å². The summed E-state index contributed by atoms with van der Waals surface area (Å²) in [7, 11) is 1.55. The zero-order chi connectivity index (χ0) is 25.7. The Morgan fingerprint density at radius 3 is 2.50 bits per heavy atom. The van der Waals surface area contributed by atoms with Gasteiger partial charge in [-0.3, -0.25) is 9.59 Å². The Kier molecular flexibility index (Phi) is 7.78. The van der Waals surface area contributed by atoms with Crippen molar-refractivity contribution in [3.63, 3.8) is 0 Å². The first-order chi connectivity index (χ1) is 17.4. The minimum atomic E-state index is -0.835. The lowest BCUT2D eigenvalue weighted by Crippen LogP contribution is -2.30. The molecule has 36 heavy (non-hydrogen) atoms. The van der Waals surface area contributed by atoms with E-state index >= 15 is 0 Å². The molecule has 188 valence electrons. The topological polar surface area (TPSA) is 89.2 Å². The van der Waals surface area contributed by atoms with Crippen molar-refractivity contribution in [2.75, 3.05) is 13.7 Å². The van der Waals surface area contributed by atoms with Gasteiger partial charge in [-0.15, -0.1) is 0 Å². The summed E-state index contributed by atoms with van der Waals surface area (Å²) >= 11 is 0. The van der Waals surface area contributed by atoms with Crippen LogP contribution in [0.4, 0.5) is 0 Å². The molecule has 2 heterocycles. The molecule has 0 spiro atoms. The fourth-order valence-electron chi connectivity index (χ4n) is 4.37. The van der Waals surface area contributed by atoms with Crippen molar-refractivity contribution >= 4 is 11.7 Å². The molecule has 0 radical (unpaired) electrons. The Hall–Kier alpha value is -4.00. The summed E-state index contributed by atoms with van der Waals surface area (Å²) in [6.07, 6.45) is 3.09. The molecule has 7 heteroatoms.